The van der Waals surface area contributed by atoms with Crippen molar-refractivity contribution in [2.24, 2.45) is 0 Å². The van der Waals surface area contributed by atoms with E-state index in [4.69, 9.17) is 0 Å². The molecule has 1 aromatic carbocycles. The zero-order chi connectivity index (χ0) is 15.4. The molecule has 0 bridgehead atoms. The molecular formula is C16H18N3O2. The first-order valence-electron chi connectivity index (χ1n) is 6.94. The Morgan fingerprint density at radius 3 is 2.43 bits per heavy atom. The zero-order valence-corrected chi connectivity index (χ0v) is 12.6. The fourth-order valence-electron chi connectivity index (χ4n) is 2.95. The number of imidazole rings is 1. The van der Waals surface area contributed by atoms with E-state index < -0.39 is 11.1 Å². The first-order chi connectivity index (χ1) is 9.73. The Morgan fingerprint density at radius 2 is 1.86 bits per heavy atom. The van der Waals surface area contributed by atoms with Crippen molar-refractivity contribution in [2.45, 2.75) is 38.8 Å². The van der Waals surface area contributed by atoms with Gasteiger partial charge in [-0.25, -0.2) is 4.98 Å². The van der Waals surface area contributed by atoms with Crippen molar-refractivity contribution in [1.82, 2.24) is 15.0 Å². The van der Waals surface area contributed by atoms with Crippen LogP contribution in [0.1, 0.15) is 38.3 Å². The predicted octanol–water partition coefficient (Wildman–Crippen LogP) is 2.89. The van der Waals surface area contributed by atoms with E-state index in [1.165, 1.54) is 0 Å². The van der Waals surface area contributed by atoms with Gasteiger partial charge in [0.1, 0.15) is 0 Å². The lowest BCUT2D eigenvalue weighted by atomic mass is 9.92. The highest BCUT2D eigenvalue weighted by Gasteiger charge is 2.49. The van der Waals surface area contributed by atoms with Crippen LogP contribution in [0.25, 0.3) is 11.0 Å². The third-order valence-corrected chi connectivity index (χ3v) is 4.04. The number of hydroxylamine groups is 2. The summed E-state index contributed by atoms with van der Waals surface area (Å²) in [6.07, 6.45) is 1.75. The average Bonchev–Trinajstić information content (AvgIpc) is 2.92. The van der Waals surface area contributed by atoms with Crippen LogP contribution in [-0.2, 0) is 5.21 Å². The Kier molecular flexibility index (Phi) is 2.83. The topological polar surface area (TPSA) is 68.9 Å². The molecule has 0 aliphatic carbocycles. The Balaban J connectivity index is 2.06. The first kappa shape index (κ1) is 14.0. The van der Waals surface area contributed by atoms with E-state index >= 15 is 0 Å². The fraction of sp³-hybridized carbons (Fsp3) is 0.375. The number of H-pyrrole nitrogens is 1. The summed E-state index contributed by atoms with van der Waals surface area (Å²) in [5, 5.41) is 13.3. The summed E-state index contributed by atoms with van der Waals surface area (Å²) in [6, 6.07) is 7.48. The number of Topliss-reactive ketones (excluding diaryl/α,β-unsaturated/α-hetero) is 1. The molecule has 0 saturated carbocycles. The highest BCUT2D eigenvalue weighted by atomic mass is 16.5. The smallest absolute Gasteiger partial charge is 0.225 e. The number of aromatic amines is 1. The van der Waals surface area contributed by atoms with E-state index in [9.17, 15) is 10.0 Å². The number of carbonyl (C=O) groups excluding carboxylic acids is 1. The van der Waals surface area contributed by atoms with E-state index in [2.05, 4.69) is 9.97 Å². The SMILES string of the molecule is CC1(C)C=C(C(=O)c2nc3ccccc3[nH]2)C(C)(C)N1[O]. The minimum Gasteiger partial charge on any atom is -0.335 e. The van der Waals surface area contributed by atoms with Crippen LogP contribution in [0.5, 0.6) is 0 Å². The Bertz CT molecular complexity index is 723. The quantitative estimate of drug-likeness (QED) is 0.862. The second kappa shape index (κ2) is 4.26. The zero-order valence-electron chi connectivity index (χ0n) is 12.6. The summed E-state index contributed by atoms with van der Waals surface area (Å²) in [5.74, 6) is 0.0595. The van der Waals surface area contributed by atoms with Crippen LogP contribution < -0.4 is 0 Å². The highest BCUT2D eigenvalue weighted by Crippen LogP contribution is 2.39. The van der Waals surface area contributed by atoms with Gasteiger partial charge in [-0.15, -0.1) is 10.3 Å². The summed E-state index contributed by atoms with van der Waals surface area (Å²) < 4.78 is 0. The third kappa shape index (κ3) is 2.01. The molecule has 0 atom stereocenters. The Morgan fingerprint density at radius 1 is 1.19 bits per heavy atom. The van der Waals surface area contributed by atoms with Gasteiger partial charge in [0.2, 0.25) is 5.78 Å². The van der Waals surface area contributed by atoms with Crippen LogP contribution in [0, 0.1) is 0 Å². The molecular weight excluding hydrogens is 266 g/mol. The minimum absolute atomic E-state index is 0.220. The number of nitrogens with zero attached hydrogens (tertiary/aromatic N) is 2. The first-order valence-corrected chi connectivity index (χ1v) is 6.94. The summed E-state index contributed by atoms with van der Waals surface area (Å²) in [5.41, 5.74) is 0.493. The molecule has 1 aliphatic rings. The monoisotopic (exact) mass is 284 g/mol. The third-order valence-electron chi connectivity index (χ3n) is 4.04. The van der Waals surface area contributed by atoms with Gasteiger partial charge >= 0.3 is 0 Å². The number of aromatic nitrogens is 2. The van der Waals surface area contributed by atoms with E-state index in [1.54, 1.807) is 33.8 Å². The maximum atomic E-state index is 12.7. The summed E-state index contributed by atoms with van der Waals surface area (Å²) in [7, 11) is 0. The normalized spacial score (nSPS) is 20.7. The Hall–Kier alpha value is -1.98. The van der Waals surface area contributed by atoms with Gasteiger partial charge in [0, 0.05) is 5.57 Å². The molecule has 1 radical (unpaired) electrons. The molecule has 2 heterocycles. The van der Waals surface area contributed by atoms with Crippen molar-refractivity contribution in [3.8, 4) is 0 Å². The second-order valence-corrected chi connectivity index (χ2v) is 6.50. The van der Waals surface area contributed by atoms with Gasteiger partial charge in [-0.3, -0.25) is 4.79 Å². The molecule has 0 saturated heterocycles. The van der Waals surface area contributed by atoms with Crippen molar-refractivity contribution in [3.05, 3.63) is 41.7 Å². The lowest BCUT2D eigenvalue weighted by Gasteiger charge is -2.33. The molecule has 3 rings (SSSR count). The van der Waals surface area contributed by atoms with Crippen molar-refractivity contribution >= 4 is 16.8 Å². The van der Waals surface area contributed by atoms with Gasteiger partial charge < -0.3 is 4.98 Å². The molecule has 2 aromatic rings. The molecule has 109 valence electrons. The van der Waals surface area contributed by atoms with Crippen LogP contribution in [0.3, 0.4) is 0 Å². The van der Waals surface area contributed by atoms with E-state index in [-0.39, 0.29) is 11.6 Å². The number of hydrogen-bond donors (Lipinski definition) is 1. The van der Waals surface area contributed by atoms with Crippen LogP contribution in [-0.4, -0.2) is 31.9 Å². The van der Waals surface area contributed by atoms with Gasteiger partial charge in [-0.1, -0.05) is 18.2 Å². The van der Waals surface area contributed by atoms with E-state index in [0.717, 1.165) is 16.1 Å². The number of para-hydroxylation sites is 2. The Labute approximate surface area is 123 Å². The molecule has 1 aromatic heterocycles. The summed E-state index contributed by atoms with van der Waals surface area (Å²) in [6.45, 7) is 7.14. The number of benzene rings is 1. The number of ketones is 1. The van der Waals surface area contributed by atoms with Gasteiger partial charge in [-0.2, -0.15) is 0 Å². The summed E-state index contributed by atoms with van der Waals surface area (Å²) >= 11 is 0. The molecule has 21 heavy (non-hydrogen) atoms. The molecule has 0 amide bonds. The number of rotatable bonds is 2. The molecule has 5 heteroatoms. The molecule has 5 nitrogen and oxygen atoms in total. The second-order valence-electron chi connectivity index (χ2n) is 6.50. The maximum absolute atomic E-state index is 12.7. The molecule has 0 fully saturated rings. The largest absolute Gasteiger partial charge is 0.335 e. The summed E-state index contributed by atoms with van der Waals surface area (Å²) in [4.78, 5) is 20.1. The standard InChI is InChI=1S/C16H18N3O2/c1-15(2)9-10(16(3,4)19(15)21)13(20)14-17-11-7-5-6-8-12(11)18-14/h5-9H,1-4H3,(H,17,18). The maximum Gasteiger partial charge on any atom is 0.225 e. The van der Waals surface area contributed by atoms with Crippen molar-refractivity contribution in [3.63, 3.8) is 0 Å². The van der Waals surface area contributed by atoms with Gasteiger partial charge in [-0.05, 0) is 39.8 Å². The fourth-order valence-corrected chi connectivity index (χ4v) is 2.95. The predicted molar refractivity (Wildman–Crippen MR) is 79.2 cm³/mol. The number of carbonyl (C=O) groups is 1. The molecule has 1 aliphatic heterocycles. The van der Waals surface area contributed by atoms with Crippen molar-refractivity contribution in [1.29, 1.82) is 0 Å². The molecule has 0 spiro atoms. The van der Waals surface area contributed by atoms with Crippen molar-refractivity contribution in [2.75, 3.05) is 0 Å². The van der Waals surface area contributed by atoms with E-state index in [0.29, 0.717) is 5.57 Å². The highest BCUT2D eigenvalue weighted by molar-refractivity contribution is 6.09. The average molecular weight is 284 g/mol. The lowest BCUT2D eigenvalue weighted by Crippen LogP contribution is -2.47. The van der Waals surface area contributed by atoms with Crippen molar-refractivity contribution < 1.29 is 10.0 Å². The molecule has 0 unspecified atom stereocenters. The van der Waals surface area contributed by atoms with Crippen LogP contribution in [0.4, 0.5) is 0 Å². The minimum atomic E-state index is -0.862. The van der Waals surface area contributed by atoms with Crippen LogP contribution >= 0.6 is 0 Å². The number of hydrogen-bond acceptors (Lipinski definition) is 3. The number of nitrogens with one attached hydrogen (secondary N) is 1. The number of fused-ring (bicyclic) bond motifs is 1. The lowest BCUT2D eigenvalue weighted by molar-refractivity contribution is -0.237. The van der Waals surface area contributed by atoms with Crippen LogP contribution in [0.2, 0.25) is 0 Å². The molecule has 1 N–H and O–H groups in total. The van der Waals surface area contributed by atoms with Gasteiger partial charge in [0.25, 0.3) is 0 Å². The van der Waals surface area contributed by atoms with Gasteiger partial charge in [0.05, 0.1) is 22.1 Å². The van der Waals surface area contributed by atoms with Crippen LogP contribution in [0.15, 0.2) is 35.9 Å². The van der Waals surface area contributed by atoms with E-state index in [1.807, 2.05) is 24.3 Å². The van der Waals surface area contributed by atoms with Gasteiger partial charge in [0.15, 0.2) is 5.82 Å².